The van der Waals surface area contributed by atoms with E-state index in [0.717, 1.165) is 6.42 Å². The van der Waals surface area contributed by atoms with Crippen molar-refractivity contribution in [2.45, 2.75) is 50.8 Å². The lowest BCUT2D eigenvalue weighted by molar-refractivity contribution is -0.143. The number of hydrogen-bond acceptors (Lipinski definition) is 3. The highest BCUT2D eigenvalue weighted by molar-refractivity contribution is 5.35. The van der Waals surface area contributed by atoms with Gasteiger partial charge in [-0.3, -0.25) is 0 Å². The maximum absolute atomic E-state index is 5.72. The van der Waals surface area contributed by atoms with Gasteiger partial charge in [0.05, 0.1) is 6.61 Å². The molecule has 2 saturated heterocycles. The number of epoxide rings is 1. The van der Waals surface area contributed by atoms with Gasteiger partial charge in [-0.15, -0.1) is 12.3 Å². The van der Waals surface area contributed by atoms with Crippen molar-refractivity contribution >= 4 is 0 Å². The quantitative estimate of drug-likeness (QED) is 0.493. The summed E-state index contributed by atoms with van der Waals surface area (Å²) in [5.74, 6) is 8.06. The summed E-state index contributed by atoms with van der Waals surface area (Å²) in [7, 11) is 0. The van der Waals surface area contributed by atoms with Gasteiger partial charge in [0.15, 0.2) is 17.5 Å². The smallest absolute Gasteiger partial charge is 0.195 e. The third-order valence-electron chi connectivity index (χ3n) is 2.77. The molecule has 2 heterocycles. The van der Waals surface area contributed by atoms with Gasteiger partial charge in [-0.25, -0.2) is 0 Å². The monoisotopic (exact) mass is 220 g/mol. The Morgan fingerprint density at radius 1 is 1.38 bits per heavy atom. The molecule has 3 atom stereocenters. The molecule has 0 radical (unpaired) electrons. The number of hydrogen-bond donors (Lipinski definition) is 0. The van der Waals surface area contributed by atoms with Gasteiger partial charge in [-0.05, 0) is 13.8 Å². The molecule has 3 heteroatoms. The molecule has 2 rings (SSSR count). The molecule has 0 aromatic carbocycles. The Bertz CT molecular complexity index is 382. The molecule has 2 aliphatic rings. The lowest BCUT2D eigenvalue weighted by atomic mass is 10.00. The SMILES string of the molecule is C#C[C@@]1([C@H]2COC(C)(C)O2)O[C@@H]1C#CCC. The van der Waals surface area contributed by atoms with Gasteiger partial charge in [0.1, 0.15) is 6.10 Å². The molecular weight excluding hydrogens is 204 g/mol. The van der Waals surface area contributed by atoms with Crippen LogP contribution in [0.4, 0.5) is 0 Å². The first-order valence-electron chi connectivity index (χ1n) is 5.50. The molecule has 2 aliphatic heterocycles. The highest BCUT2D eigenvalue weighted by Crippen LogP contribution is 2.44. The first kappa shape index (κ1) is 11.5. The van der Waals surface area contributed by atoms with Crippen LogP contribution in [-0.4, -0.2) is 30.2 Å². The van der Waals surface area contributed by atoms with Crippen LogP contribution in [0.15, 0.2) is 0 Å². The standard InChI is InChI=1S/C13H16O3/c1-5-7-8-10-13(6-2,16-10)11-9-14-12(3,4)15-11/h2,10-11H,5,9H2,1,3-4H3/t10-,11-,13-/m1/s1. The predicted octanol–water partition coefficient (Wildman–Crippen LogP) is 1.32. The van der Waals surface area contributed by atoms with Crippen LogP contribution >= 0.6 is 0 Å². The van der Waals surface area contributed by atoms with Crippen molar-refractivity contribution in [1.82, 2.24) is 0 Å². The van der Waals surface area contributed by atoms with Gasteiger partial charge < -0.3 is 14.2 Å². The van der Waals surface area contributed by atoms with Crippen LogP contribution in [0.5, 0.6) is 0 Å². The van der Waals surface area contributed by atoms with Crippen molar-refractivity contribution in [3.63, 3.8) is 0 Å². The summed E-state index contributed by atoms with van der Waals surface area (Å²) < 4.78 is 16.7. The third kappa shape index (κ3) is 1.83. The third-order valence-corrected chi connectivity index (χ3v) is 2.77. The summed E-state index contributed by atoms with van der Waals surface area (Å²) in [6, 6.07) is 0. The van der Waals surface area contributed by atoms with Crippen LogP contribution in [0.1, 0.15) is 27.2 Å². The molecule has 0 aromatic heterocycles. The topological polar surface area (TPSA) is 31.0 Å². The maximum Gasteiger partial charge on any atom is 0.195 e. The molecule has 0 unspecified atom stereocenters. The zero-order chi connectivity index (χ0) is 11.8. The van der Waals surface area contributed by atoms with Crippen molar-refractivity contribution in [2.75, 3.05) is 6.61 Å². The largest absolute Gasteiger partial charge is 0.348 e. The van der Waals surface area contributed by atoms with E-state index in [9.17, 15) is 0 Å². The molecule has 0 bridgehead atoms. The number of ether oxygens (including phenoxy) is 3. The summed E-state index contributed by atoms with van der Waals surface area (Å²) in [4.78, 5) is 0. The van der Waals surface area contributed by atoms with Crippen molar-refractivity contribution in [3.05, 3.63) is 0 Å². The van der Waals surface area contributed by atoms with E-state index >= 15 is 0 Å². The van der Waals surface area contributed by atoms with E-state index in [-0.39, 0.29) is 12.2 Å². The van der Waals surface area contributed by atoms with Crippen LogP contribution in [0.25, 0.3) is 0 Å². The average Bonchev–Trinajstić information content (AvgIpc) is 2.85. The second-order valence-corrected chi connectivity index (χ2v) is 4.43. The van der Waals surface area contributed by atoms with Crippen molar-refractivity contribution in [3.8, 4) is 24.2 Å². The summed E-state index contributed by atoms with van der Waals surface area (Å²) in [5.41, 5.74) is -0.698. The van der Waals surface area contributed by atoms with Crippen molar-refractivity contribution in [1.29, 1.82) is 0 Å². The van der Waals surface area contributed by atoms with E-state index in [4.69, 9.17) is 20.6 Å². The van der Waals surface area contributed by atoms with Gasteiger partial charge in [0.25, 0.3) is 0 Å². The minimum Gasteiger partial charge on any atom is -0.348 e. The summed E-state index contributed by atoms with van der Waals surface area (Å²) in [6.07, 6.45) is 5.89. The molecular formula is C13H16O3. The van der Waals surface area contributed by atoms with Crippen molar-refractivity contribution in [2.24, 2.45) is 0 Å². The van der Waals surface area contributed by atoms with Gasteiger partial charge in [0.2, 0.25) is 0 Å². The molecule has 3 nitrogen and oxygen atoms in total. The molecule has 0 saturated carbocycles. The first-order valence-corrected chi connectivity index (χ1v) is 5.50. The summed E-state index contributed by atoms with van der Waals surface area (Å²) >= 11 is 0. The second kappa shape index (κ2) is 3.79. The van der Waals surface area contributed by atoms with E-state index in [1.807, 2.05) is 20.8 Å². The Morgan fingerprint density at radius 2 is 2.12 bits per heavy atom. The molecule has 16 heavy (non-hydrogen) atoms. The van der Waals surface area contributed by atoms with Crippen molar-refractivity contribution < 1.29 is 14.2 Å². The second-order valence-electron chi connectivity index (χ2n) is 4.43. The Kier molecular flexibility index (Phi) is 2.72. The minimum absolute atomic E-state index is 0.208. The fourth-order valence-electron chi connectivity index (χ4n) is 1.84. The van der Waals surface area contributed by atoms with Gasteiger partial charge >= 0.3 is 0 Å². The van der Waals surface area contributed by atoms with E-state index < -0.39 is 11.4 Å². The first-order chi connectivity index (χ1) is 7.54. The highest BCUT2D eigenvalue weighted by atomic mass is 16.8. The zero-order valence-electron chi connectivity index (χ0n) is 9.87. The minimum atomic E-state index is -0.698. The van der Waals surface area contributed by atoms with Crippen LogP contribution in [-0.2, 0) is 14.2 Å². The fraction of sp³-hybridized carbons (Fsp3) is 0.692. The Labute approximate surface area is 96.4 Å². The molecule has 0 aromatic rings. The Hall–Kier alpha value is -1.00. The average molecular weight is 220 g/mol. The van der Waals surface area contributed by atoms with Crippen LogP contribution < -0.4 is 0 Å². The normalized spacial score (nSPS) is 39.6. The van der Waals surface area contributed by atoms with Gasteiger partial charge in [-0.1, -0.05) is 18.8 Å². The van der Waals surface area contributed by atoms with Crippen LogP contribution in [0, 0.1) is 24.2 Å². The van der Waals surface area contributed by atoms with Gasteiger partial charge in [-0.2, -0.15) is 0 Å². The molecule has 0 amide bonds. The van der Waals surface area contributed by atoms with E-state index in [0.29, 0.717) is 6.61 Å². The van der Waals surface area contributed by atoms with E-state index in [1.54, 1.807) is 0 Å². The Balaban J connectivity index is 2.07. The fourth-order valence-corrected chi connectivity index (χ4v) is 1.84. The molecule has 0 aliphatic carbocycles. The lowest BCUT2D eigenvalue weighted by Gasteiger charge is -2.18. The molecule has 0 N–H and O–H groups in total. The summed E-state index contributed by atoms with van der Waals surface area (Å²) in [6.45, 7) is 6.19. The molecule has 0 spiro atoms. The number of rotatable bonds is 1. The molecule has 2 fully saturated rings. The zero-order valence-corrected chi connectivity index (χ0v) is 9.87. The molecule has 86 valence electrons. The van der Waals surface area contributed by atoms with Crippen LogP contribution in [0.3, 0.4) is 0 Å². The maximum atomic E-state index is 5.72. The Morgan fingerprint density at radius 3 is 2.62 bits per heavy atom. The summed E-state index contributed by atoms with van der Waals surface area (Å²) in [5, 5.41) is 0. The van der Waals surface area contributed by atoms with E-state index in [1.165, 1.54) is 0 Å². The highest BCUT2D eigenvalue weighted by Gasteiger charge is 2.64. The van der Waals surface area contributed by atoms with Gasteiger partial charge in [0, 0.05) is 6.42 Å². The van der Waals surface area contributed by atoms with Crippen LogP contribution in [0.2, 0.25) is 0 Å². The number of terminal acetylenes is 1. The van der Waals surface area contributed by atoms with E-state index in [2.05, 4.69) is 17.8 Å². The lowest BCUT2D eigenvalue weighted by Crippen LogP contribution is -2.34. The predicted molar refractivity (Wildman–Crippen MR) is 59.4 cm³/mol.